The maximum atomic E-state index is 11.2. The number of aliphatic carboxylic acids is 1. The predicted octanol–water partition coefficient (Wildman–Crippen LogP) is 8.63. The van der Waals surface area contributed by atoms with Crippen LogP contribution in [0, 0.1) is 11.8 Å². The summed E-state index contributed by atoms with van der Waals surface area (Å²) in [7, 11) is -1.90. The minimum Gasteiger partial charge on any atom is -0.481 e. The summed E-state index contributed by atoms with van der Waals surface area (Å²) < 4.78 is 19.5. The topological polar surface area (TPSA) is 85.2 Å². The van der Waals surface area contributed by atoms with Crippen molar-refractivity contribution in [1.82, 2.24) is 0 Å². The molecule has 1 heterocycles. The molecule has 2 unspecified atom stereocenters. The van der Waals surface area contributed by atoms with Crippen LogP contribution in [0.5, 0.6) is 0 Å². The highest BCUT2D eigenvalue weighted by molar-refractivity contribution is 6.74. The van der Waals surface area contributed by atoms with Crippen LogP contribution in [-0.2, 0) is 18.7 Å². The Morgan fingerprint density at radius 3 is 2.45 bits per heavy atom. The number of carboxylic acids is 1. The minimum absolute atomic E-state index is 0.00147. The highest BCUT2D eigenvalue weighted by Crippen LogP contribution is 2.43. The van der Waals surface area contributed by atoms with Crippen molar-refractivity contribution in [2.75, 3.05) is 6.61 Å². The molecule has 0 aromatic rings. The third-order valence-corrected chi connectivity index (χ3v) is 14.1. The first-order valence-corrected chi connectivity index (χ1v) is 19.3. The van der Waals surface area contributed by atoms with Crippen LogP contribution in [0.2, 0.25) is 18.1 Å². The van der Waals surface area contributed by atoms with E-state index in [2.05, 4.69) is 52.9 Å². The highest BCUT2D eigenvalue weighted by Gasteiger charge is 2.44. The Kier molecular flexibility index (Phi) is 16.0. The molecule has 0 amide bonds. The van der Waals surface area contributed by atoms with Gasteiger partial charge < -0.3 is 24.1 Å². The number of allylic oxidation sites excluding steroid dienone is 2. The number of hydrogen-bond acceptors (Lipinski definition) is 5. The van der Waals surface area contributed by atoms with Gasteiger partial charge in [0.2, 0.25) is 0 Å². The van der Waals surface area contributed by atoms with E-state index in [4.69, 9.17) is 19.0 Å². The first-order chi connectivity index (χ1) is 18.9. The summed E-state index contributed by atoms with van der Waals surface area (Å²) >= 11 is 0. The molecular formula is C33H62O6Si. The van der Waals surface area contributed by atoms with Crippen LogP contribution in [-0.4, -0.2) is 55.7 Å². The van der Waals surface area contributed by atoms with Gasteiger partial charge in [-0.1, -0.05) is 72.0 Å². The largest absolute Gasteiger partial charge is 0.481 e. The van der Waals surface area contributed by atoms with E-state index < -0.39 is 20.4 Å². The third kappa shape index (κ3) is 12.6. The molecule has 1 saturated carbocycles. The van der Waals surface area contributed by atoms with Gasteiger partial charge in [0.15, 0.2) is 14.6 Å². The Labute approximate surface area is 246 Å². The molecule has 2 N–H and O–H groups in total. The lowest BCUT2D eigenvalue weighted by Gasteiger charge is -2.40. The number of aliphatic hydroxyl groups is 1. The van der Waals surface area contributed by atoms with E-state index in [1.54, 1.807) is 0 Å². The summed E-state index contributed by atoms with van der Waals surface area (Å²) in [4.78, 5) is 10.8. The van der Waals surface area contributed by atoms with Crippen molar-refractivity contribution >= 4 is 14.3 Å². The molecule has 1 saturated heterocycles. The Balaban J connectivity index is 2.10. The number of unbranched alkanes of at least 4 members (excludes halogenated alkanes) is 5. The normalized spacial score (nSPS) is 26.9. The maximum absolute atomic E-state index is 11.2. The van der Waals surface area contributed by atoms with Crippen LogP contribution < -0.4 is 0 Å². The van der Waals surface area contributed by atoms with Gasteiger partial charge in [-0.3, -0.25) is 4.79 Å². The van der Waals surface area contributed by atoms with E-state index >= 15 is 0 Å². The fourth-order valence-electron chi connectivity index (χ4n) is 6.00. The van der Waals surface area contributed by atoms with Crippen LogP contribution in [0.1, 0.15) is 130 Å². The lowest BCUT2D eigenvalue weighted by atomic mass is 9.85. The number of ether oxygens (including phenoxy) is 2. The second-order valence-electron chi connectivity index (χ2n) is 13.9. The van der Waals surface area contributed by atoms with Gasteiger partial charge >= 0.3 is 5.97 Å². The summed E-state index contributed by atoms with van der Waals surface area (Å²) in [6.07, 6.45) is 19.6. The molecular weight excluding hydrogens is 520 g/mol. The molecule has 2 fully saturated rings. The SMILES string of the molecule is CCCCCCCC(CC[C@@H]1[C@@H](C/C=C\CCCC(=O)O)[C@@H](O)C[C@H]1OC1CCCCO1)O[Si](C)(C)C(C)(C)C. The van der Waals surface area contributed by atoms with E-state index in [0.29, 0.717) is 12.8 Å². The van der Waals surface area contributed by atoms with E-state index in [1.807, 2.05) is 0 Å². The van der Waals surface area contributed by atoms with E-state index in [1.165, 1.54) is 32.1 Å². The Morgan fingerprint density at radius 1 is 1.05 bits per heavy atom. The van der Waals surface area contributed by atoms with Gasteiger partial charge in [-0.2, -0.15) is 0 Å². The fraction of sp³-hybridized carbons (Fsp3) is 0.909. The second-order valence-corrected chi connectivity index (χ2v) is 18.6. The van der Waals surface area contributed by atoms with Gasteiger partial charge in [-0.25, -0.2) is 0 Å². The van der Waals surface area contributed by atoms with Crippen molar-refractivity contribution in [2.45, 2.75) is 173 Å². The zero-order valence-corrected chi connectivity index (χ0v) is 27.7. The van der Waals surface area contributed by atoms with Crippen molar-refractivity contribution in [3.05, 3.63) is 12.2 Å². The van der Waals surface area contributed by atoms with E-state index in [-0.39, 0.29) is 41.8 Å². The monoisotopic (exact) mass is 582 g/mol. The van der Waals surface area contributed by atoms with Crippen LogP contribution in [0.15, 0.2) is 12.2 Å². The molecule has 2 rings (SSSR count). The Hall–Kier alpha value is -0.733. The van der Waals surface area contributed by atoms with Crippen molar-refractivity contribution < 1.29 is 28.9 Å². The number of hydrogen-bond donors (Lipinski definition) is 2. The van der Waals surface area contributed by atoms with Gasteiger partial charge in [0.1, 0.15) is 0 Å². The van der Waals surface area contributed by atoms with Gasteiger partial charge in [-0.05, 0) is 87.8 Å². The summed E-state index contributed by atoms with van der Waals surface area (Å²) in [6.45, 7) is 14.7. The lowest BCUT2D eigenvalue weighted by Crippen LogP contribution is -2.44. The molecule has 1 aliphatic carbocycles. The van der Waals surface area contributed by atoms with Gasteiger partial charge in [0.25, 0.3) is 0 Å². The first kappa shape index (κ1) is 35.5. The molecule has 7 heteroatoms. The number of carboxylic acid groups (broad SMARTS) is 1. The Bertz CT molecular complexity index is 727. The molecule has 6 nitrogen and oxygen atoms in total. The first-order valence-electron chi connectivity index (χ1n) is 16.4. The number of aliphatic hydroxyl groups excluding tert-OH is 1. The van der Waals surface area contributed by atoms with Gasteiger partial charge in [0.05, 0.1) is 12.2 Å². The molecule has 2 aliphatic rings. The Morgan fingerprint density at radius 2 is 1.80 bits per heavy atom. The van der Waals surface area contributed by atoms with Crippen LogP contribution in [0.25, 0.3) is 0 Å². The summed E-state index contributed by atoms with van der Waals surface area (Å²) in [5.74, 6) is -0.346. The molecule has 0 spiro atoms. The van der Waals surface area contributed by atoms with Crippen molar-refractivity contribution in [1.29, 1.82) is 0 Å². The lowest BCUT2D eigenvalue weighted by molar-refractivity contribution is -0.196. The van der Waals surface area contributed by atoms with E-state index in [0.717, 1.165) is 58.0 Å². The highest BCUT2D eigenvalue weighted by atomic mass is 28.4. The fourth-order valence-corrected chi connectivity index (χ4v) is 7.42. The number of carbonyl (C=O) groups is 1. The zero-order chi connectivity index (χ0) is 29.6. The molecule has 0 aromatic heterocycles. The quantitative estimate of drug-likeness (QED) is 0.0901. The van der Waals surface area contributed by atoms with Gasteiger partial charge in [0, 0.05) is 25.6 Å². The second kappa shape index (κ2) is 18.0. The molecule has 234 valence electrons. The van der Waals surface area contributed by atoms with Crippen LogP contribution in [0.3, 0.4) is 0 Å². The van der Waals surface area contributed by atoms with Crippen molar-refractivity contribution in [2.24, 2.45) is 11.8 Å². The van der Waals surface area contributed by atoms with Crippen molar-refractivity contribution in [3.63, 3.8) is 0 Å². The average Bonchev–Trinajstić information content (AvgIpc) is 3.17. The standard InChI is InChI=1S/C33H62O6Si/c1-7-8-9-10-13-18-26(39-40(5,6)33(2,3)4)22-23-28-27(19-14-11-12-15-20-31(35)36)29(34)25-30(28)38-32-21-16-17-24-37-32/h11,14,26-30,32,34H,7-10,12-13,15-25H2,1-6H3,(H,35,36)/b14-11-/t26?,27-,28-,29+,30-,32?/m1/s1. The molecule has 40 heavy (non-hydrogen) atoms. The summed E-state index contributed by atoms with van der Waals surface area (Å²) in [5, 5.41) is 20.2. The van der Waals surface area contributed by atoms with Gasteiger partial charge in [-0.15, -0.1) is 0 Å². The van der Waals surface area contributed by atoms with E-state index in [9.17, 15) is 9.90 Å². The van der Waals surface area contributed by atoms with Crippen LogP contribution in [0.4, 0.5) is 0 Å². The maximum Gasteiger partial charge on any atom is 0.303 e. The predicted molar refractivity (Wildman–Crippen MR) is 166 cm³/mol. The third-order valence-electron chi connectivity index (χ3n) is 9.52. The average molecular weight is 583 g/mol. The molecule has 6 atom stereocenters. The zero-order valence-electron chi connectivity index (χ0n) is 26.7. The smallest absolute Gasteiger partial charge is 0.303 e. The van der Waals surface area contributed by atoms with Crippen molar-refractivity contribution in [3.8, 4) is 0 Å². The summed E-state index contributed by atoms with van der Waals surface area (Å²) in [6, 6.07) is 0. The molecule has 0 aromatic carbocycles. The number of rotatable bonds is 19. The summed E-state index contributed by atoms with van der Waals surface area (Å²) in [5.41, 5.74) is 0. The molecule has 0 radical (unpaired) electrons. The van der Waals surface area contributed by atoms with Crippen LogP contribution >= 0.6 is 0 Å². The molecule has 0 bridgehead atoms. The molecule has 1 aliphatic heterocycles. The minimum atomic E-state index is -1.90.